The molecule has 0 bridgehead atoms. The summed E-state index contributed by atoms with van der Waals surface area (Å²) in [4.78, 5) is 10.7. The summed E-state index contributed by atoms with van der Waals surface area (Å²) in [6, 6.07) is 8.69. The van der Waals surface area contributed by atoms with Crippen LogP contribution >= 0.6 is 11.6 Å². The second-order valence-corrected chi connectivity index (χ2v) is 7.08. The van der Waals surface area contributed by atoms with Crippen LogP contribution in [0.25, 0.3) is 0 Å². The van der Waals surface area contributed by atoms with Gasteiger partial charge < -0.3 is 25.0 Å². The average molecular weight is 440 g/mol. The summed E-state index contributed by atoms with van der Waals surface area (Å²) < 4.78 is 34.8. The van der Waals surface area contributed by atoms with E-state index in [2.05, 4.69) is 30.2 Å². The molecule has 1 aromatic heterocycles. The zero-order chi connectivity index (χ0) is 21.5. The molecule has 0 spiro atoms. The van der Waals surface area contributed by atoms with Gasteiger partial charge in [-0.25, -0.2) is 4.98 Å². The molecule has 0 radical (unpaired) electrons. The molecule has 2 heterocycles. The van der Waals surface area contributed by atoms with Crippen LogP contribution in [0, 0.1) is 0 Å². The molecular formula is C20H24ClF2N5O2. The number of methoxy groups -OCH3 is 1. The summed E-state index contributed by atoms with van der Waals surface area (Å²) >= 11 is 6.24. The molecule has 30 heavy (non-hydrogen) atoms. The number of hydrogen-bond acceptors (Lipinski definition) is 5. The van der Waals surface area contributed by atoms with Crippen molar-refractivity contribution in [3.63, 3.8) is 0 Å². The first-order valence-electron chi connectivity index (χ1n) is 9.44. The van der Waals surface area contributed by atoms with Crippen LogP contribution in [0.3, 0.4) is 0 Å². The van der Waals surface area contributed by atoms with Gasteiger partial charge in [-0.3, -0.25) is 4.99 Å². The van der Waals surface area contributed by atoms with E-state index in [0.717, 1.165) is 30.9 Å². The van der Waals surface area contributed by atoms with Gasteiger partial charge in [0.25, 0.3) is 0 Å². The number of ether oxygens (including phenoxy) is 2. The zero-order valence-corrected chi connectivity index (χ0v) is 17.5. The van der Waals surface area contributed by atoms with Gasteiger partial charge in [-0.15, -0.1) is 0 Å². The maximum Gasteiger partial charge on any atom is 0.387 e. The number of guanidine groups is 1. The first kappa shape index (κ1) is 21.9. The number of anilines is 1. The Morgan fingerprint density at radius 1 is 1.37 bits per heavy atom. The quantitative estimate of drug-likeness (QED) is 0.509. The molecule has 0 amide bonds. The van der Waals surface area contributed by atoms with Crippen molar-refractivity contribution >= 4 is 23.4 Å². The third-order valence-corrected chi connectivity index (χ3v) is 4.99. The predicted molar refractivity (Wildman–Crippen MR) is 113 cm³/mol. The van der Waals surface area contributed by atoms with E-state index >= 15 is 0 Å². The third kappa shape index (κ3) is 5.63. The molecule has 1 fully saturated rings. The number of aromatic nitrogens is 1. The lowest BCUT2D eigenvalue weighted by Crippen LogP contribution is -2.44. The van der Waals surface area contributed by atoms with Crippen LogP contribution in [-0.4, -0.2) is 50.8 Å². The number of hydrogen-bond donors (Lipinski definition) is 2. The van der Waals surface area contributed by atoms with E-state index in [1.165, 1.54) is 13.2 Å². The molecule has 1 saturated heterocycles. The van der Waals surface area contributed by atoms with Crippen LogP contribution in [0.5, 0.6) is 11.5 Å². The number of alkyl halides is 2. The monoisotopic (exact) mass is 439 g/mol. The van der Waals surface area contributed by atoms with Crippen molar-refractivity contribution in [1.29, 1.82) is 0 Å². The zero-order valence-electron chi connectivity index (χ0n) is 16.7. The number of aliphatic imine (C=N–C) groups is 1. The lowest BCUT2D eigenvalue weighted by Gasteiger charge is -2.20. The van der Waals surface area contributed by atoms with Gasteiger partial charge in [-0.05, 0) is 36.2 Å². The largest absolute Gasteiger partial charge is 0.493 e. The molecule has 0 aliphatic carbocycles. The van der Waals surface area contributed by atoms with Gasteiger partial charge in [-0.2, -0.15) is 8.78 Å². The Labute approximate surface area is 179 Å². The fraction of sp³-hybridized carbons (Fsp3) is 0.400. The lowest BCUT2D eigenvalue weighted by atomic mass is 10.2. The second-order valence-electron chi connectivity index (χ2n) is 6.67. The Bertz CT molecular complexity index is 884. The van der Waals surface area contributed by atoms with Crippen LogP contribution in [0.4, 0.5) is 14.6 Å². The predicted octanol–water partition coefficient (Wildman–Crippen LogP) is 3.29. The molecule has 7 nitrogen and oxygen atoms in total. The first-order valence-corrected chi connectivity index (χ1v) is 9.82. The highest BCUT2D eigenvalue weighted by Crippen LogP contribution is 2.29. The number of nitrogens with zero attached hydrogens (tertiary/aromatic N) is 3. The first-order chi connectivity index (χ1) is 14.5. The summed E-state index contributed by atoms with van der Waals surface area (Å²) in [5.74, 6) is 1.63. The van der Waals surface area contributed by atoms with Crippen molar-refractivity contribution in [2.24, 2.45) is 4.99 Å². The van der Waals surface area contributed by atoms with Gasteiger partial charge in [0.15, 0.2) is 17.5 Å². The molecule has 2 aromatic rings. The summed E-state index contributed by atoms with van der Waals surface area (Å²) in [6.45, 7) is -0.967. The van der Waals surface area contributed by atoms with E-state index in [1.54, 1.807) is 31.4 Å². The van der Waals surface area contributed by atoms with Gasteiger partial charge in [-0.1, -0.05) is 17.7 Å². The van der Waals surface area contributed by atoms with Gasteiger partial charge in [0, 0.05) is 38.9 Å². The minimum absolute atomic E-state index is 0.00609. The van der Waals surface area contributed by atoms with E-state index in [9.17, 15) is 8.78 Å². The molecular weight excluding hydrogens is 416 g/mol. The SMILES string of the molecule is CN=C(NCc1ccc(OC)c(OC(F)F)c1)NC1CCN(c2ncccc2Cl)C1. The van der Waals surface area contributed by atoms with E-state index in [4.69, 9.17) is 16.3 Å². The smallest absolute Gasteiger partial charge is 0.387 e. The van der Waals surface area contributed by atoms with Crippen molar-refractivity contribution in [1.82, 2.24) is 15.6 Å². The molecule has 1 aliphatic heterocycles. The van der Waals surface area contributed by atoms with Crippen molar-refractivity contribution in [3.8, 4) is 11.5 Å². The summed E-state index contributed by atoms with van der Waals surface area (Å²) in [5.41, 5.74) is 0.753. The Kier molecular flexibility index (Phi) is 7.51. The molecule has 3 rings (SSSR count). The molecule has 10 heteroatoms. The Hall–Kier alpha value is -2.81. The van der Waals surface area contributed by atoms with Gasteiger partial charge >= 0.3 is 6.61 Å². The van der Waals surface area contributed by atoms with Crippen molar-refractivity contribution in [3.05, 3.63) is 47.1 Å². The maximum absolute atomic E-state index is 12.6. The van der Waals surface area contributed by atoms with Crippen molar-refractivity contribution in [2.75, 3.05) is 32.1 Å². The summed E-state index contributed by atoms with van der Waals surface area (Å²) in [6.07, 6.45) is 2.63. The highest BCUT2D eigenvalue weighted by Gasteiger charge is 2.25. The van der Waals surface area contributed by atoms with Crippen LogP contribution in [0.15, 0.2) is 41.5 Å². The minimum Gasteiger partial charge on any atom is -0.493 e. The fourth-order valence-corrected chi connectivity index (χ4v) is 3.51. The second kappa shape index (κ2) is 10.3. The van der Waals surface area contributed by atoms with Crippen molar-refractivity contribution in [2.45, 2.75) is 25.6 Å². The molecule has 1 aliphatic rings. The number of pyridine rings is 1. The third-order valence-electron chi connectivity index (χ3n) is 4.70. The maximum atomic E-state index is 12.6. The van der Waals surface area contributed by atoms with Gasteiger partial charge in [0.05, 0.1) is 12.1 Å². The van der Waals surface area contributed by atoms with Crippen LogP contribution in [0.2, 0.25) is 5.02 Å². The number of benzene rings is 1. The van der Waals surface area contributed by atoms with Crippen LogP contribution in [-0.2, 0) is 6.54 Å². The molecule has 1 atom stereocenters. The average Bonchev–Trinajstić information content (AvgIpc) is 3.19. The Morgan fingerprint density at radius 3 is 2.90 bits per heavy atom. The highest BCUT2D eigenvalue weighted by atomic mass is 35.5. The van der Waals surface area contributed by atoms with Crippen molar-refractivity contribution < 1.29 is 18.3 Å². The summed E-state index contributed by atoms with van der Waals surface area (Å²) in [5, 5.41) is 7.19. The molecule has 162 valence electrons. The van der Waals surface area contributed by atoms with Gasteiger partial charge in [0.1, 0.15) is 5.82 Å². The highest BCUT2D eigenvalue weighted by molar-refractivity contribution is 6.32. The standard InChI is InChI=1S/C20H24ClF2N5O2/c1-24-20(26-11-13-5-6-16(29-2)17(10-13)30-19(22)23)27-14-7-9-28(12-14)18-15(21)4-3-8-25-18/h3-6,8,10,14,19H,7,9,11-12H2,1-2H3,(H2,24,26,27). The number of nitrogens with one attached hydrogen (secondary N) is 2. The van der Waals surface area contributed by atoms with E-state index in [0.29, 0.717) is 17.5 Å². The Morgan fingerprint density at radius 2 is 2.20 bits per heavy atom. The molecule has 0 saturated carbocycles. The lowest BCUT2D eigenvalue weighted by molar-refractivity contribution is -0.0512. The molecule has 2 N–H and O–H groups in total. The minimum atomic E-state index is -2.92. The van der Waals surface area contributed by atoms with E-state index in [-0.39, 0.29) is 17.5 Å². The van der Waals surface area contributed by atoms with Gasteiger partial charge in [0.2, 0.25) is 0 Å². The number of halogens is 3. The van der Waals surface area contributed by atoms with E-state index in [1.807, 2.05) is 6.07 Å². The van der Waals surface area contributed by atoms with Crippen LogP contribution < -0.4 is 25.0 Å². The topological polar surface area (TPSA) is 71.0 Å². The van der Waals surface area contributed by atoms with E-state index < -0.39 is 6.61 Å². The Balaban J connectivity index is 1.56. The number of rotatable bonds is 7. The van der Waals surface area contributed by atoms with Crippen LogP contribution in [0.1, 0.15) is 12.0 Å². The summed E-state index contributed by atoms with van der Waals surface area (Å²) in [7, 11) is 3.08. The molecule has 1 aromatic carbocycles. The molecule has 1 unspecified atom stereocenters. The fourth-order valence-electron chi connectivity index (χ4n) is 3.27. The normalized spacial score (nSPS) is 16.7.